The van der Waals surface area contributed by atoms with Crippen LogP contribution in [0.15, 0.2) is 0 Å². The lowest BCUT2D eigenvalue weighted by molar-refractivity contribution is -0.409. The van der Waals surface area contributed by atoms with Gasteiger partial charge in [0.1, 0.15) is 18.3 Å². The normalized spacial score (nSPS) is 38.6. The predicted octanol–water partition coefficient (Wildman–Crippen LogP) is -3.19. The fraction of sp³-hybridized carbons (Fsp3) is 0.800. The molecule has 1 aliphatic heterocycles. The number of carbonyl (C=O) groups excluding carboxylic acids is 2. The van der Waals surface area contributed by atoms with E-state index in [1.165, 1.54) is 0 Å². The number of esters is 1. The van der Waals surface area contributed by atoms with Gasteiger partial charge in [0, 0.05) is 13.8 Å². The van der Waals surface area contributed by atoms with Crippen LogP contribution in [0.1, 0.15) is 13.8 Å². The predicted molar refractivity (Wildman–Crippen MR) is 58.3 cm³/mol. The molecule has 1 fully saturated rings. The second-order valence-electron chi connectivity index (χ2n) is 4.22. The molecule has 0 radical (unpaired) electrons. The van der Waals surface area contributed by atoms with Crippen molar-refractivity contribution in [3.63, 3.8) is 0 Å². The summed E-state index contributed by atoms with van der Waals surface area (Å²) in [6.07, 6.45) is -4.64. The summed E-state index contributed by atoms with van der Waals surface area (Å²) in [4.78, 5) is 22.0. The summed E-state index contributed by atoms with van der Waals surface area (Å²) in [6.45, 7) is 1.36. The van der Waals surface area contributed by atoms with Gasteiger partial charge < -0.3 is 35.2 Å². The number of rotatable bonds is 3. The molecule has 1 aliphatic rings. The summed E-state index contributed by atoms with van der Waals surface area (Å²) in [5.41, 5.74) is 0. The molecule has 0 unspecified atom stereocenters. The Hall–Kier alpha value is -1.26. The Kier molecular flexibility index (Phi) is 4.82. The van der Waals surface area contributed by atoms with Crippen LogP contribution >= 0.6 is 0 Å². The summed E-state index contributed by atoms with van der Waals surface area (Å²) >= 11 is 0. The minimum absolute atomic E-state index is 0.645. The molecule has 5 N–H and O–H groups in total. The lowest BCUT2D eigenvalue weighted by Gasteiger charge is -2.45. The van der Waals surface area contributed by atoms with Crippen molar-refractivity contribution in [3.05, 3.63) is 0 Å². The molecule has 0 aromatic carbocycles. The first kappa shape index (κ1) is 15.8. The zero-order valence-electron chi connectivity index (χ0n) is 10.4. The fourth-order valence-corrected chi connectivity index (χ4v) is 1.83. The van der Waals surface area contributed by atoms with Crippen molar-refractivity contribution in [2.75, 3.05) is 6.61 Å². The standard InChI is InChI=1S/C10H17NO8/c1-4(13)11-9-8(16)7(15)6(3-12)19-10(9,17)18-5(2)14/h6-9,12,15-17H,3H2,1-2H3,(H,11,13)/t6-,7-,8+,9-,10+/m1/s1. The molecule has 110 valence electrons. The molecular weight excluding hydrogens is 262 g/mol. The van der Waals surface area contributed by atoms with Gasteiger partial charge in [0.05, 0.1) is 6.61 Å². The van der Waals surface area contributed by atoms with E-state index in [1.807, 2.05) is 0 Å². The number of hydrogen-bond donors (Lipinski definition) is 5. The van der Waals surface area contributed by atoms with Crippen LogP contribution in [0, 0.1) is 0 Å². The molecule has 1 rings (SSSR count). The van der Waals surface area contributed by atoms with Gasteiger partial charge >= 0.3 is 11.9 Å². The molecule has 19 heavy (non-hydrogen) atoms. The molecule has 1 heterocycles. The average molecular weight is 279 g/mol. The van der Waals surface area contributed by atoms with E-state index in [1.54, 1.807) is 0 Å². The van der Waals surface area contributed by atoms with Crippen molar-refractivity contribution < 1.29 is 39.5 Å². The molecule has 0 bridgehead atoms. The Morgan fingerprint density at radius 3 is 2.32 bits per heavy atom. The van der Waals surface area contributed by atoms with Gasteiger partial charge in [0.15, 0.2) is 6.04 Å². The summed E-state index contributed by atoms with van der Waals surface area (Å²) < 4.78 is 9.41. The van der Waals surface area contributed by atoms with Crippen LogP contribution in [0.25, 0.3) is 0 Å². The Bertz CT molecular complexity index is 361. The van der Waals surface area contributed by atoms with Crippen molar-refractivity contribution in [2.45, 2.75) is 44.2 Å². The van der Waals surface area contributed by atoms with E-state index < -0.39 is 48.8 Å². The monoisotopic (exact) mass is 279 g/mol. The first-order valence-electron chi connectivity index (χ1n) is 5.55. The number of hydrogen-bond acceptors (Lipinski definition) is 8. The molecule has 0 aromatic rings. The number of amides is 1. The number of carbonyl (C=O) groups is 2. The molecule has 0 spiro atoms. The highest BCUT2D eigenvalue weighted by molar-refractivity contribution is 5.73. The minimum Gasteiger partial charge on any atom is -0.406 e. The minimum atomic E-state index is -2.68. The van der Waals surface area contributed by atoms with Gasteiger partial charge in [-0.3, -0.25) is 9.59 Å². The summed E-state index contributed by atoms with van der Waals surface area (Å²) in [5.74, 6) is -4.25. The van der Waals surface area contributed by atoms with Crippen molar-refractivity contribution in [1.82, 2.24) is 5.32 Å². The largest absolute Gasteiger partial charge is 0.406 e. The smallest absolute Gasteiger partial charge is 0.351 e. The van der Waals surface area contributed by atoms with Gasteiger partial charge in [-0.1, -0.05) is 0 Å². The number of ether oxygens (including phenoxy) is 2. The van der Waals surface area contributed by atoms with Gasteiger partial charge in [-0.2, -0.15) is 0 Å². The van der Waals surface area contributed by atoms with Crippen LogP contribution in [0.4, 0.5) is 0 Å². The zero-order chi connectivity index (χ0) is 14.8. The maximum Gasteiger partial charge on any atom is 0.351 e. The molecule has 0 aliphatic carbocycles. The van der Waals surface area contributed by atoms with Crippen LogP contribution in [0.2, 0.25) is 0 Å². The molecule has 1 saturated heterocycles. The fourth-order valence-electron chi connectivity index (χ4n) is 1.83. The van der Waals surface area contributed by atoms with Crippen molar-refractivity contribution in [2.24, 2.45) is 0 Å². The average Bonchev–Trinajstić information content (AvgIpc) is 2.28. The maximum absolute atomic E-state index is 11.0. The van der Waals surface area contributed by atoms with Crippen LogP contribution in [-0.4, -0.2) is 69.2 Å². The van der Waals surface area contributed by atoms with E-state index in [0.29, 0.717) is 0 Å². The number of nitrogens with one attached hydrogen (secondary N) is 1. The summed E-state index contributed by atoms with van der Waals surface area (Å²) in [6, 6.07) is -1.59. The maximum atomic E-state index is 11.0. The Labute approximate surface area is 108 Å². The van der Waals surface area contributed by atoms with E-state index in [0.717, 1.165) is 13.8 Å². The van der Waals surface area contributed by atoms with Crippen LogP contribution < -0.4 is 5.32 Å². The lowest BCUT2D eigenvalue weighted by Crippen LogP contribution is -2.71. The van der Waals surface area contributed by atoms with E-state index in [4.69, 9.17) is 9.84 Å². The Morgan fingerprint density at radius 2 is 1.89 bits per heavy atom. The van der Waals surface area contributed by atoms with Crippen molar-refractivity contribution in [1.29, 1.82) is 0 Å². The van der Waals surface area contributed by atoms with Gasteiger partial charge in [-0.15, -0.1) is 0 Å². The molecule has 9 heteroatoms. The lowest BCUT2D eigenvalue weighted by atomic mass is 9.95. The summed E-state index contributed by atoms with van der Waals surface area (Å²) in [7, 11) is 0. The zero-order valence-corrected chi connectivity index (χ0v) is 10.4. The first-order chi connectivity index (χ1) is 8.71. The highest BCUT2D eigenvalue weighted by Gasteiger charge is 2.56. The SMILES string of the molecule is CC(=O)N[C@@H]1[C@@H](O)[C@H](O)[C@@H](CO)O[C@@]1(O)OC(C)=O. The van der Waals surface area contributed by atoms with E-state index >= 15 is 0 Å². The quantitative estimate of drug-likeness (QED) is 0.268. The Balaban J connectivity index is 3.05. The third-order valence-electron chi connectivity index (χ3n) is 2.61. The van der Waals surface area contributed by atoms with Crippen molar-refractivity contribution >= 4 is 11.9 Å². The molecule has 5 atom stereocenters. The molecule has 0 aromatic heterocycles. The number of aliphatic hydroxyl groups excluding tert-OH is 3. The first-order valence-corrected chi connectivity index (χ1v) is 5.55. The molecule has 0 saturated carbocycles. The van der Waals surface area contributed by atoms with Gasteiger partial charge in [0.25, 0.3) is 0 Å². The van der Waals surface area contributed by atoms with Gasteiger partial charge in [-0.05, 0) is 0 Å². The van der Waals surface area contributed by atoms with Gasteiger partial charge in [0.2, 0.25) is 5.91 Å². The van der Waals surface area contributed by atoms with E-state index in [9.17, 15) is 24.9 Å². The topological polar surface area (TPSA) is 146 Å². The van der Waals surface area contributed by atoms with E-state index in [2.05, 4.69) is 10.1 Å². The molecular formula is C10H17NO8. The third-order valence-corrected chi connectivity index (χ3v) is 2.61. The Morgan fingerprint density at radius 1 is 1.32 bits per heavy atom. The van der Waals surface area contributed by atoms with Crippen LogP contribution in [-0.2, 0) is 19.1 Å². The van der Waals surface area contributed by atoms with Crippen LogP contribution in [0.3, 0.4) is 0 Å². The highest BCUT2D eigenvalue weighted by atomic mass is 16.8. The number of aliphatic hydroxyl groups is 4. The second-order valence-corrected chi connectivity index (χ2v) is 4.22. The van der Waals surface area contributed by atoms with Gasteiger partial charge in [-0.25, -0.2) is 0 Å². The second kappa shape index (κ2) is 5.80. The van der Waals surface area contributed by atoms with E-state index in [-0.39, 0.29) is 0 Å². The molecule has 9 nitrogen and oxygen atoms in total. The third kappa shape index (κ3) is 3.39. The summed E-state index contributed by atoms with van der Waals surface area (Å²) in [5, 5.41) is 40.7. The van der Waals surface area contributed by atoms with Crippen molar-refractivity contribution in [3.8, 4) is 0 Å². The van der Waals surface area contributed by atoms with Crippen LogP contribution in [0.5, 0.6) is 0 Å². The molecule has 1 amide bonds. The highest BCUT2D eigenvalue weighted by Crippen LogP contribution is 2.29.